The van der Waals surface area contributed by atoms with Crippen LogP contribution < -0.4 is 10.2 Å². The van der Waals surface area contributed by atoms with E-state index < -0.39 is 0 Å². The van der Waals surface area contributed by atoms with Crippen molar-refractivity contribution in [3.8, 4) is 17.4 Å². The maximum atomic E-state index is 9.62. The van der Waals surface area contributed by atoms with Crippen LogP contribution in [0.1, 0.15) is 32.3 Å². The van der Waals surface area contributed by atoms with Crippen molar-refractivity contribution in [1.82, 2.24) is 15.4 Å². The molecule has 3 N–H and O–H groups in total. The van der Waals surface area contributed by atoms with Crippen LogP contribution in [0.5, 0.6) is 17.4 Å². The van der Waals surface area contributed by atoms with E-state index in [0.717, 1.165) is 34.2 Å². The summed E-state index contributed by atoms with van der Waals surface area (Å²) in [6, 6.07) is 4.55. The summed E-state index contributed by atoms with van der Waals surface area (Å²) in [5.41, 5.74) is 6.42. The average molecular weight is 411 g/mol. The van der Waals surface area contributed by atoms with Gasteiger partial charge in [-0.3, -0.25) is 5.43 Å². The molecule has 0 fully saturated rings. The Bertz CT molecular complexity index is 1060. The van der Waals surface area contributed by atoms with Crippen molar-refractivity contribution in [2.45, 2.75) is 31.7 Å². The summed E-state index contributed by atoms with van der Waals surface area (Å²) >= 11 is 1.54. The quantitative estimate of drug-likeness (QED) is 0.304. The number of hydrogen-bond acceptors (Lipinski definition) is 9. The van der Waals surface area contributed by atoms with Gasteiger partial charge in [0.15, 0.2) is 17.2 Å². The summed E-state index contributed by atoms with van der Waals surface area (Å²) in [5.74, 6) is 0.124. The number of aromatic hydroxyl groups is 2. The normalized spacial score (nSPS) is 17.6. The summed E-state index contributed by atoms with van der Waals surface area (Å²) in [6.45, 7) is 4.38. The maximum absolute atomic E-state index is 9.62. The lowest BCUT2D eigenvalue weighted by molar-refractivity contribution is 0.362. The molecule has 1 aromatic heterocycles. The number of hydrogen-bond donors (Lipinski definition) is 3. The first-order valence-electron chi connectivity index (χ1n) is 9.05. The van der Waals surface area contributed by atoms with Gasteiger partial charge < -0.3 is 14.9 Å². The standard InChI is InChI=1S/C20H21N5O3S/c1-20(2)7-12-17(29-19-16(24-12)18(28-3)21-10-22-19)13(8-20)25-23-9-11-4-5-14(26)15(27)6-11/h4-6,9-10,25-27H,7-8H2,1-3H3. The summed E-state index contributed by atoms with van der Waals surface area (Å²) in [7, 11) is 1.58. The highest BCUT2D eigenvalue weighted by molar-refractivity contribution is 8.04. The van der Waals surface area contributed by atoms with Crippen LogP contribution in [-0.4, -0.2) is 39.2 Å². The van der Waals surface area contributed by atoms with Gasteiger partial charge in [-0.25, -0.2) is 9.98 Å². The number of thioether (sulfide) groups is 1. The molecule has 150 valence electrons. The molecule has 8 nitrogen and oxygen atoms in total. The van der Waals surface area contributed by atoms with E-state index in [4.69, 9.17) is 9.73 Å². The number of nitrogens with zero attached hydrogens (tertiary/aromatic N) is 4. The first-order chi connectivity index (χ1) is 13.9. The second kappa shape index (κ2) is 7.40. The molecule has 4 rings (SSSR count). The van der Waals surface area contributed by atoms with E-state index in [1.165, 1.54) is 30.2 Å². The Labute approximate surface area is 172 Å². The van der Waals surface area contributed by atoms with Gasteiger partial charge in [0, 0.05) is 5.70 Å². The van der Waals surface area contributed by atoms with Crippen LogP contribution in [0.25, 0.3) is 0 Å². The van der Waals surface area contributed by atoms with Crippen LogP contribution in [-0.2, 0) is 0 Å². The predicted molar refractivity (Wildman–Crippen MR) is 112 cm³/mol. The second-order valence-corrected chi connectivity index (χ2v) is 8.64. The van der Waals surface area contributed by atoms with Gasteiger partial charge >= 0.3 is 0 Å². The summed E-state index contributed by atoms with van der Waals surface area (Å²) < 4.78 is 5.34. The lowest BCUT2D eigenvalue weighted by Crippen LogP contribution is -2.30. The molecular weight excluding hydrogens is 390 g/mol. The number of nitrogens with one attached hydrogen (secondary N) is 1. The zero-order chi connectivity index (χ0) is 20.6. The van der Waals surface area contributed by atoms with Crippen molar-refractivity contribution in [2.75, 3.05) is 7.11 Å². The highest BCUT2D eigenvalue weighted by atomic mass is 32.2. The maximum Gasteiger partial charge on any atom is 0.244 e. The molecule has 0 atom stereocenters. The van der Waals surface area contributed by atoms with Gasteiger partial charge in [0.2, 0.25) is 5.88 Å². The Kier molecular flexibility index (Phi) is 4.91. The van der Waals surface area contributed by atoms with E-state index in [1.54, 1.807) is 19.4 Å². The van der Waals surface area contributed by atoms with E-state index in [0.29, 0.717) is 17.1 Å². The number of phenolic OH excluding ortho intramolecular Hbond substituents is 2. The molecule has 0 spiro atoms. The third-order valence-corrected chi connectivity index (χ3v) is 5.82. The van der Waals surface area contributed by atoms with Crippen molar-refractivity contribution in [1.29, 1.82) is 0 Å². The minimum atomic E-state index is -0.183. The third kappa shape index (κ3) is 3.91. The van der Waals surface area contributed by atoms with Crippen LogP contribution >= 0.6 is 11.8 Å². The molecule has 0 amide bonds. The van der Waals surface area contributed by atoms with E-state index in [2.05, 4.69) is 34.3 Å². The van der Waals surface area contributed by atoms with Crippen LogP contribution in [0.4, 0.5) is 5.69 Å². The molecule has 29 heavy (non-hydrogen) atoms. The highest BCUT2D eigenvalue weighted by Gasteiger charge is 2.35. The number of ether oxygens (including phenoxy) is 1. The Morgan fingerprint density at radius 1 is 1.21 bits per heavy atom. The summed E-state index contributed by atoms with van der Waals surface area (Å²) in [5, 5.41) is 24.1. The van der Waals surface area contributed by atoms with Crippen molar-refractivity contribution in [3.63, 3.8) is 0 Å². The van der Waals surface area contributed by atoms with Gasteiger partial charge in [-0.1, -0.05) is 25.6 Å². The SMILES string of the molecule is COc1ncnc2c1N=C1CC(C)(C)CC(NN=Cc3ccc(O)c(O)c3)=C1S2. The smallest absolute Gasteiger partial charge is 0.244 e. The second-order valence-electron chi connectivity index (χ2n) is 7.64. The number of phenols is 2. The topological polar surface area (TPSA) is 112 Å². The highest BCUT2D eigenvalue weighted by Crippen LogP contribution is 2.49. The Morgan fingerprint density at radius 2 is 2.03 bits per heavy atom. The van der Waals surface area contributed by atoms with Gasteiger partial charge in [0.25, 0.3) is 0 Å². The van der Waals surface area contributed by atoms with E-state index in [9.17, 15) is 10.2 Å². The Balaban J connectivity index is 1.66. The molecule has 0 saturated heterocycles. The lowest BCUT2D eigenvalue weighted by atomic mass is 9.78. The molecule has 2 heterocycles. The number of hydrazone groups is 1. The van der Waals surface area contributed by atoms with Crippen molar-refractivity contribution in [3.05, 3.63) is 40.7 Å². The molecule has 1 aliphatic carbocycles. The first-order valence-corrected chi connectivity index (χ1v) is 9.87. The predicted octanol–water partition coefficient (Wildman–Crippen LogP) is 3.73. The monoisotopic (exact) mass is 411 g/mol. The number of aromatic nitrogens is 2. The molecule has 1 aromatic carbocycles. The van der Waals surface area contributed by atoms with Crippen LogP contribution in [0.2, 0.25) is 0 Å². The van der Waals surface area contributed by atoms with Gasteiger partial charge in [0.05, 0.1) is 23.9 Å². The number of fused-ring (bicyclic) bond motifs is 2. The van der Waals surface area contributed by atoms with Crippen molar-refractivity contribution in [2.24, 2.45) is 15.5 Å². The fourth-order valence-electron chi connectivity index (χ4n) is 3.33. The first kappa shape index (κ1) is 19.3. The van der Waals surface area contributed by atoms with Crippen LogP contribution in [0.3, 0.4) is 0 Å². The number of rotatable bonds is 4. The third-order valence-electron chi connectivity index (χ3n) is 4.64. The van der Waals surface area contributed by atoms with Gasteiger partial charge in [-0.15, -0.1) is 0 Å². The van der Waals surface area contributed by atoms with Crippen molar-refractivity contribution < 1.29 is 14.9 Å². The largest absolute Gasteiger partial charge is 0.504 e. The zero-order valence-electron chi connectivity index (χ0n) is 16.3. The molecule has 2 aromatic rings. The molecule has 0 saturated carbocycles. The molecule has 1 aliphatic heterocycles. The number of benzene rings is 1. The van der Waals surface area contributed by atoms with Crippen LogP contribution in [0, 0.1) is 5.41 Å². The van der Waals surface area contributed by atoms with Gasteiger partial charge in [-0.2, -0.15) is 10.1 Å². The van der Waals surface area contributed by atoms with Crippen LogP contribution in [0.15, 0.2) is 50.2 Å². The number of aliphatic imine (C=N–C) groups is 1. The summed E-state index contributed by atoms with van der Waals surface area (Å²) in [4.78, 5) is 14.3. The lowest BCUT2D eigenvalue weighted by Gasteiger charge is -2.35. The molecule has 2 aliphatic rings. The van der Waals surface area contributed by atoms with Crippen molar-refractivity contribution >= 4 is 29.4 Å². The average Bonchev–Trinajstić information content (AvgIpc) is 2.68. The van der Waals surface area contributed by atoms with E-state index in [-0.39, 0.29) is 16.9 Å². The molecule has 0 radical (unpaired) electrons. The number of methoxy groups -OCH3 is 1. The molecular formula is C20H21N5O3S. The fraction of sp³-hybridized carbons (Fsp3) is 0.300. The Morgan fingerprint density at radius 3 is 2.79 bits per heavy atom. The summed E-state index contributed by atoms with van der Waals surface area (Å²) in [6.07, 6.45) is 4.70. The number of allylic oxidation sites excluding steroid dienone is 2. The minimum absolute atomic E-state index is 0.0118. The van der Waals surface area contributed by atoms with E-state index >= 15 is 0 Å². The molecule has 0 unspecified atom stereocenters. The molecule has 0 bridgehead atoms. The van der Waals surface area contributed by atoms with Gasteiger partial charge in [-0.05, 0) is 42.0 Å². The van der Waals surface area contributed by atoms with E-state index in [1.807, 2.05) is 0 Å². The fourth-order valence-corrected chi connectivity index (χ4v) is 4.33. The Hall–Kier alpha value is -3.07. The minimum Gasteiger partial charge on any atom is -0.504 e. The molecule has 9 heteroatoms. The van der Waals surface area contributed by atoms with Gasteiger partial charge in [0.1, 0.15) is 11.4 Å². The zero-order valence-corrected chi connectivity index (χ0v) is 17.1.